The van der Waals surface area contributed by atoms with Crippen LogP contribution in [0.3, 0.4) is 0 Å². The third kappa shape index (κ3) is 2.10. The summed E-state index contributed by atoms with van der Waals surface area (Å²) in [5.41, 5.74) is 2.14. The Labute approximate surface area is 105 Å². The Bertz CT molecular complexity index is 441. The lowest BCUT2D eigenvalue weighted by Crippen LogP contribution is -1.82. The number of rotatable bonds is 2. The summed E-state index contributed by atoms with van der Waals surface area (Å²) < 4.78 is 1.22. The number of aromatic nitrogens is 1. The lowest BCUT2D eigenvalue weighted by atomic mass is 10.2. The molecule has 0 atom stereocenters. The van der Waals surface area contributed by atoms with Crippen molar-refractivity contribution in [3.8, 4) is 10.6 Å². The van der Waals surface area contributed by atoms with Crippen LogP contribution in [-0.2, 0) is 5.88 Å². The van der Waals surface area contributed by atoms with Crippen LogP contribution in [0, 0.1) is 3.57 Å². The molecule has 0 aliphatic rings. The molecule has 1 heterocycles. The summed E-state index contributed by atoms with van der Waals surface area (Å²) in [4.78, 5) is 4.44. The Hall–Kier alpha value is -0.130. The van der Waals surface area contributed by atoms with Crippen molar-refractivity contribution >= 4 is 45.5 Å². The third-order valence-corrected chi connectivity index (χ3v) is 3.93. The number of halogens is 2. The van der Waals surface area contributed by atoms with Crippen molar-refractivity contribution in [2.45, 2.75) is 5.88 Å². The average Bonchev–Trinajstić information content (AvgIpc) is 2.67. The standard InChI is InChI=1S/C10H7ClINS/c11-5-7-6-14-10(13-7)8-3-1-2-4-9(8)12/h1-4,6H,5H2. The van der Waals surface area contributed by atoms with Gasteiger partial charge in [-0.2, -0.15) is 0 Å². The lowest BCUT2D eigenvalue weighted by Gasteiger charge is -1.98. The van der Waals surface area contributed by atoms with Crippen molar-refractivity contribution in [1.29, 1.82) is 0 Å². The first kappa shape index (κ1) is 10.4. The van der Waals surface area contributed by atoms with Crippen molar-refractivity contribution < 1.29 is 0 Å². The van der Waals surface area contributed by atoms with Crippen molar-refractivity contribution in [3.05, 3.63) is 38.9 Å². The summed E-state index contributed by atoms with van der Waals surface area (Å²) in [7, 11) is 0. The minimum Gasteiger partial charge on any atom is -0.240 e. The van der Waals surface area contributed by atoms with Gasteiger partial charge in [-0.15, -0.1) is 22.9 Å². The number of thiazole rings is 1. The van der Waals surface area contributed by atoms with Crippen molar-refractivity contribution in [3.63, 3.8) is 0 Å². The zero-order valence-corrected chi connectivity index (χ0v) is 10.9. The Morgan fingerprint density at radius 1 is 1.36 bits per heavy atom. The first-order valence-electron chi connectivity index (χ1n) is 4.06. The van der Waals surface area contributed by atoms with Gasteiger partial charge in [0.1, 0.15) is 5.01 Å². The second-order valence-corrected chi connectivity index (χ2v) is 5.05. The molecule has 0 saturated heterocycles. The SMILES string of the molecule is ClCc1csc(-c2ccccc2I)n1. The van der Waals surface area contributed by atoms with Crippen LogP contribution in [0.2, 0.25) is 0 Å². The Morgan fingerprint density at radius 2 is 2.14 bits per heavy atom. The molecule has 0 N–H and O–H groups in total. The summed E-state index contributed by atoms with van der Waals surface area (Å²) >= 11 is 9.67. The van der Waals surface area contributed by atoms with Crippen LogP contribution in [0.5, 0.6) is 0 Å². The van der Waals surface area contributed by atoms with Crippen LogP contribution < -0.4 is 0 Å². The van der Waals surface area contributed by atoms with E-state index in [1.54, 1.807) is 11.3 Å². The number of nitrogens with zero attached hydrogens (tertiary/aromatic N) is 1. The highest BCUT2D eigenvalue weighted by Crippen LogP contribution is 2.28. The van der Waals surface area contributed by atoms with Gasteiger partial charge < -0.3 is 0 Å². The Morgan fingerprint density at radius 3 is 2.79 bits per heavy atom. The molecule has 4 heteroatoms. The molecule has 0 saturated carbocycles. The fourth-order valence-electron chi connectivity index (χ4n) is 1.13. The number of benzene rings is 1. The molecule has 2 aromatic rings. The maximum atomic E-state index is 5.71. The van der Waals surface area contributed by atoms with E-state index in [-0.39, 0.29) is 0 Å². The Balaban J connectivity index is 2.44. The van der Waals surface area contributed by atoms with Gasteiger partial charge in [0, 0.05) is 14.5 Å². The molecule has 1 aromatic heterocycles. The number of alkyl halides is 1. The fraction of sp³-hybridized carbons (Fsp3) is 0.100. The molecule has 0 amide bonds. The second-order valence-electron chi connectivity index (χ2n) is 2.76. The maximum Gasteiger partial charge on any atom is 0.124 e. The molecule has 1 aromatic carbocycles. The van der Waals surface area contributed by atoms with E-state index >= 15 is 0 Å². The predicted octanol–water partition coefficient (Wildman–Crippen LogP) is 4.15. The van der Waals surface area contributed by atoms with Crippen LogP contribution in [-0.4, -0.2) is 4.98 Å². The van der Waals surface area contributed by atoms with E-state index in [2.05, 4.69) is 39.7 Å². The topological polar surface area (TPSA) is 12.9 Å². The Kier molecular flexibility index (Phi) is 3.41. The van der Waals surface area contributed by atoms with E-state index in [0.29, 0.717) is 5.88 Å². The molecular formula is C10H7ClINS. The van der Waals surface area contributed by atoms with E-state index in [9.17, 15) is 0 Å². The van der Waals surface area contributed by atoms with Gasteiger partial charge in [0.25, 0.3) is 0 Å². The van der Waals surface area contributed by atoms with Gasteiger partial charge in [0.2, 0.25) is 0 Å². The van der Waals surface area contributed by atoms with Crippen LogP contribution in [0.1, 0.15) is 5.69 Å². The summed E-state index contributed by atoms with van der Waals surface area (Å²) in [6.45, 7) is 0. The zero-order chi connectivity index (χ0) is 9.97. The molecule has 14 heavy (non-hydrogen) atoms. The molecule has 0 bridgehead atoms. The lowest BCUT2D eigenvalue weighted by molar-refractivity contribution is 1.23. The number of hydrogen-bond donors (Lipinski definition) is 0. The molecule has 0 aliphatic heterocycles. The summed E-state index contributed by atoms with van der Waals surface area (Å²) in [6.07, 6.45) is 0. The van der Waals surface area contributed by atoms with Gasteiger partial charge in [0.05, 0.1) is 11.6 Å². The highest BCUT2D eigenvalue weighted by Gasteiger charge is 2.06. The smallest absolute Gasteiger partial charge is 0.124 e. The molecule has 0 spiro atoms. The third-order valence-electron chi connectivity index (χ3n) is 1.79. The van der Waals surface area contributed by atoms with Crippen LogP contribution in [0.4, 0.5) is 0 Å². The fourth-order valence-corrected chi connectivity index (χ4v) is 3.04. The van der Waals surface area contributed by atoms with E-state index in [1.807, 2.05) is 17.5 Å². The van der Waals surface area contributed by atoms with E-state index in [0.717, 1.165) is 10.7 Å². The average molecular weight is 336 g/mol. The molecule has 72 valence electrons. The minimum atomic E-state index is 0.486. The molecule has 2 rings (SSSR count). The first-order chi connectivity index (χ1) is 6.81. The van der Waals surface area contributed by atoms with Crippen molar-refractivity contribution in [2.75, 3.05) is 0 Å². The van der Waals surface area contributed by atoms with Gasteiger partial charge in [-0.05, 0) is 28.7 Å². The van der Waals surface area contributed by atoms with E-state index < -0.39 is 0 Å². The summed E-state index contributed by atoms with van der Waals surface area (Å²) in [6, 6.07) is 8.22. The molecule has 1 nitrogen and oxygen atoms in total. The predicted molar refractivity (Wildman–Crippen MR) is 69.8 cm³/mol. The van der Waals surface area contributed by atoms with Gasteiger partial charge in [-0.25, -0.2) is 4.98 Å². The number of hydrogen-bond acceptors (Lipinski definition) is 2. The van der Waals surface area contributed by atoms with E-state index in [4.69, 9.17) is 11.6 Å². The van der Waals surface area contributed by atoms with Crippen molar-refractivity contribution in [1.82, 2.24) is 4.98 Å². The van der Waals surface area contributed by atoms with Gasteiger partial charge in [-0.1, -0.05) is 18.2 Å². The van der Waals surface area contributed by atoms with E-state index in [1.165, 1.54) is 9.13 Å². The molecule has 0 aliphatic carbocycles. The molecule has 0 unspecified atom stereocenters. The molecular weight excluding hydrogens is 329 g/mol. The quantitative estimate of drug-likeness (QED) is 0.593. The first-order valence-corrected chi connectivity index (χ1v) is 6.56. The van der Waals surface area contributed by atoms with Gasteiger partial charge >= 0.3 is 0 Å². The highest BCUT2D eigenvalue weighted by molar-refractivity contribution is 14.1. The van der Waals surface area contributed by atoms with Crippen LogP contribution in [0.25, 0.3) is 10.6 Å². The van der Waals surface area contributed by atoms with Crippen molar-refractivity contribution in [2.24, 2.45) is 0 Å². The van der Waals surface area contributed by atoms with Crippen LogP contribution in [0.15, 0.2) is 29.6 Å². The molecule has 0 radical (unpaired) electrons. The zero-order valence-electron chi connectivity index (χ0n) is 7.21. The molecule has 0 fully saturated rings. The van der Waals surface area contributed by atoms with Gasteiger partial charge in [-0.3, -0.25) is 0 Å². The summed E-state index contributed by atoms with van der Waals surface area (Å²) in [5, 5.41) is 3.05. The summed E-state index contributed by atoms with van der Waals surface area (Å²) in [5.74, 6) is 0.486. The minimum absolute atomic E-state index is 0.486. The highest BCUT2D eigenvalue weighted by atomic mass is 127. The van der Waals surface area contributed by atoms with Crippen LogP contribution >= 0.6 is 45.5 Å². The second kappa shape index (κ2) is 4.59. The maximum absolute atomic E-state index is 5.71. The normalized spacial score (nSPS) is 10.4. The monoisotopic (exact) mass is 335 g/mol. The van der Waals surface area contributed by atoms with Gasteiger partial charge in [0.15, 0.2) is 0 Å². The largest absolute Gasteiger partial charge is 0.240 e.